The summed E-state index contributed by atoms with van der Waals surface area (Å²) in [5.74, 6) is -0.469. The van der Waals surface area contributed by atoms with Crippen molar-refractivity contribution in [3.05, 3.63) is 0 Å². The minimum atomic E-state index is -3.37. The number of hydrogen-bond acceptors (Lipinski definition) is 7. The van der Waals surface area contributed by atoms with Crippen LogP contribution in [0.25, 0.3) is 0 Å². The molecule has 0 aromatic heterocycles. The molecule has 136 valence electrons. The van der Waals surface area contributed by atoms with E-state index in [9.17, 15) is 13.2 Å². The number of esters is 1. The highest BCUT2D eigenvalue weighted by Gasteiger charge is 2.68. The van der Waals surface area contributed by atoms with Gasteiger partial charge >= 0.3 is 5.97 Å². The average molecular weight is 360 g/mol. The van der Waals surface area contributed by atoms with E-state index in [0.717, 1.165) is 13.1 Å². The normalized spacial score (nSPS) is 42.8. The second-order valence-electron chi connectivity index (χ2n) is 7.65. The lowest BCUT2D eigenvalue weighted by Crippen LogP contribution is -2.49. The number of carbonyl (C=O) groups is 1. The first kappa shape index (κ1) is 16.7. The van der Waals surface area contributed by atoms with E-state index in [0.29, 0.717) is 19.6 Å². The van der Waals surface area contributed by atoms with Crippen LogP contribution in [0.1, 0.15) is 20.3 Å². The maximum Gasteiger partial charge on any atom is 0.320 e. The number of nitrogens with zero attached hydrogens (tertiary/aromatic N) is 1. The van der Waals surface area contributed by atoms with Crippen LogP contribution in [0, 0.1) is 5.92 Å². The van der Waals surface area contributed by atoms with Crippen molar-refractivity contribution in [3.63, 3.8) is 0 Å². The van der Waals surface area contributed by atoms with Gasteiger partial charge in [0.15, 0.2) is 0 Å². The van der Waals surface area contributed by atoms with E-state index in [1.165, 1.54) is 0 Å². The number of fused-ring (bicyclic) bond motifs is 5. The molecule has 0 spiro atoms. The third kappa shape index (κ3) is 2.66. The Kier molecular flexibility index (Phi) is 3.92. The van der Waals surface area contributed by atoms with E-state index >= 15 is 0 Å². The van der Waals surface area contributed by atoms with Crippen molar-refractivity contribution < 1.29 is 27.4 Å². The molecule has 8 nitrogen and oxygen atoms in total. The quantitative estimate of drug-likeness (QED) is 0.652. The number of morpholine rings is 1. The van der Waals surface area contributed by atoms with Gasteiger partial charge in [0.1, 0.15) is 17.5 Å². The molecule has 1 N–H and O–H groups in total. The number of carbonyl (C=O) groups excluding carboxylic acids is 1. The first-order valence-electron chi connectivity index (χ1n) is 8.46. The molecule has 4 fully saturated rings. The molecule has 0 amide bonds. The maximum atomic E-state index is 12.3. The average Bonchev–Trinajstić information content (AvgIpc) is 3.09. The Bertz CT molecular complexity index is 630. The van der Waals surface area contributed by atoms with Crippen LogP contribution in [0.5, 0.6) is 0 Å². The van der Waals surface area contributed by atoms with Crippen LogP contribution in [0.2, 0.25) is 0 Å². The summed E-state index contributed by atoms with van der Waals surface area (Å²) >= 11 is 0. The van der Waals surface area contributed by atoms with Crippen LogP contribution >= 0.6 is 0 Å². The molecular formula is C15H24N2O6S. The first-order chi connectivity index (χ1) is 11.3. The summed E-state index contributed by atoms with van der Waals surface area (Å²) < 4.78 is 44.2. The molecule has 9 heteroatoms. The van der Waals surface area contributed by atoms with Gasteiger partial charge in [-0.15, -0.1) is 0 Å². The molecule has 0 aromatic rings. The highest BCUT2D eigenvalue weighted by atomic mass is 32.2. The Balaban J connectivity index is 1.42. The lowest BCUT2D eigenvalue weighted by atomic mass is 9.76. The Hall–Kier alpha value is -0.740. The monoisotopic (exact) mass is 360 g/mol. The van der Waals surface area contributed by atoms with Crippen LogP contribution in [0.15, 0.2) is 0 Å². The van der Waals surface area contributed by atoms with Crippen LogP contribution in [-0.4, -0.2) is 81.2 Å². The Morgan fingerprint density at radius 1 is 1.33 bits per heavy atom. The zero-order chi connectivity index (χ0) is 17.1. The second-order valence-corrected chi connectivity index (χ2v) is 9.49. The standard InChI is InChI=1S/C15H24N2O6S/c1-15(2)12-13-9(7-10(23-13)14(12)24(19,20)16-15)22-11(18)8-17-3-5-21-6-4-17/h9-10,12-14,16H,3-8H2,1-2H3. The summed E-state index contributed by atoms with van der Waals surface area (Å²) in [6.07, 6.45) is -0.648. The molecule has 0 radical (unpaired) electrons. The van der Waals surface area contributed by atoms with Gasteiger partial charge in [0.25, 0.3) is 0 Å². The fourth-order valence-electron chi connectivity index (χ4n) is 4.63. The Morgan fingerprint density at radius 2 is 2.04 bits per heavy atom. The highest BCUT2D eigenvalue weighted by Crippen LogP contribution is 2.51. The van der Waals surface area contributed by atoms with Crippen molar-refractivity contribution in [2.24, 2.45) is 5.92 Å². The molecule has 4 aliphatic rings. The predicted molar refractivity (Wildman–Crippen MR) is 83.8 cm³/mol. The molecule has 5 atom stereocenters. The minimum Gasteiger partial charge on any atom is -0.459 e. The van der Waals surface area contributed by atoms with E-state index < -0.39 is 20.8 Å². The fourth-order valence-corrected chi connectivity index (χ4v) is 7.10. The van der Waals surface area contributed by atoms with Crippen LogP contribution in [0.4, 0.5) is 0 Å². The molecule has 0 saturated carbocycles. The number of ether oxygens (including phenoxy) is 3. The predicted octanol–water partition coefficient (Wildman–Crippen LogP) is -0.902. The first-order valence-corrected chi connectivity index (χ1v) is 10.0. The van der Waals surface area contributed by atoms with Gasteiger partial charge in [-0.25, -0.2) is 13.1 Å². The van der Waals surface area contributed by atoms with E-state index in [-0.39, 0.29) is 36.7 Å². The van der Waals surface area contributed by atoms with Gasteiger partial charge in [-0.05, 0) is 13.8 Å². The molecule has 4 saturated heterocycles. The van der Waals surface area contributed by atoms with Crippen molar-refractivity contribution in [1.29, 1.82) is 0 Å². The smallest absolute Gasteiger partial charge is 0.320 e. The van der Waals surface area contributed by atoms with Crippen molar-refractivity contribution in [2.75, 3.05) is 32.8 Å². The largest absolute Gasteiger partial charge is 0.459 e. The van der Waals surface area contributed by atoms with Gasteiger partial charge in [0, 0.05) is 31.0 Å². The lowest BCUT2D eigenvalue weighted by molar-refractivity contribution is -0.155. The summed E-state index contributed by atoms with van der Waals surface area (Å²) in [5, 5.41) is -0.535. The molecule has 2 bridgehead atoms. The lowest BCUT2D eigenvalue weighted by Gasteiger charge is -2.33. The zero-order valence-electron chi connectivity index (χ0n) is 13.9. The molecule has 0 aromatic carbocycles. The molecule has 4 heterocycles. The van der Waals surface area contributed by atoms with E-state index in [1.807, 2.05) is 18.7 Å². The SMILES string of the molecule is CC1(C)NS(=O)(=O)C2C3CC(OC(=O)CN4CCOCC4)C(O3)C21. The number of rotatable bonds is 3. The molecular weight excluding hydrogens is 336 g/mol. The van der Waals surface area contributed by atoms with E-state index in [4.69, 9.17) is 14.2 Å². The van der Waals surface area contributed by atoms with Gasteiger partial charge < -0.3 is 14.2 Å². The maximum absolute atomic E-state index is 12.3. The third-order valence-electron chi connectivity index (χ3n) is 5.57. The minimum absolute atomic E-state index is 0.192. The van der Waals surface area contributed by atoms with Crippen LogP contribution in [0.3, 0.4) is 0 Å². The molecule has 0 aliphatic carbocycles. The number of nitrogens with one attached hydrogen (secondary N) is 1. The molecule has 4 aliphatic heterocycles. The Labute approximate surface area is 141 Å². The number of hydrogen-bond donors (Lipinski definition) is 1. The van der Waals surface area contributed by atoms with Crippen molar-refractivity contribution in [1.82, 2.24) is 9.62 Å². The highest BCUT2D eigenvalue weighted by molar-refractivity contribution is 7.90. The van der Waals surface area contributed by atoms with Crippen molar-refractivity contribution in [2.45, 2.75) is 49.4 Å². The van der Waals surface area contributed by atoms with Gasteiger partial charge in [0.05, 0.1) is 25.9 Å². The topological polar surface area (TPSA) is 94.2 Å². The summed E-state index contributed by atoms with van der Waals surface area (Å²) in [5.41, 5.74) is -0.585. The van der Waals surface area contributed by atoms with Gasteiger partial charge in [0.2, 0.25) is 10.0 Å². The van der Waals surface area contributed by atoms with Crippen LogP contribution in [-0.2, 0) is 29.0 Å². The summed E-state index contributed by atoms with van der Waals surface area (Å²) in [7, 11) is -3.37. The number of sulfonamides is 1. The van der Waals surface area contributed by atoms with Crippen molar-refractivity contribution >= 4 is 16.0 Å². The zero-order valence-corrected chi connectivity index (χ0v) is 14.8. The van der Waals surface area contributed by atoms with E-state index in [1.54, 1.807) is 0 Å². The fraction of sp³-hybridized carbons (Fsp3) is 0.933. The molecule has 4 rings (SSSR count). The van der Waals surface area contributed by atoms with Crippen LogP contribution < -0.4 is 4.72 Å². The van der Waals surface area contributed by atoms with Crippen molar-refractivity contribution in [3.8, 4) is 0 Å². The summed E-state index contributed by atoms with van der Waals surface area (Å²) in [6, 6.07) is 0. The van der Waals surface area contributed by atoms with Gasteiger partial charge in [-0.3, -0.25) is 9.69 Å². The summed E-state index contributed by atoms with van der Waals surface area (Å²) in [6.45, 7) is 6.69. The van der Waals surface area contributed by atoms with Gasteiger partial charge in [-0.2, -0.15) is 0 Å². The van der Waals surface area contributed by atoms with Gasteiger partial charge in [-0.1, -0.05) is 0 Å². The second kappa shape index (κ2) is 5.63. The molecule has 5 unspecified atom stereocenters. The third-order valence-corrected chi connectivity index (χ3v) is 7.70. The van der Waals surface area contributed by atoms with E-state index in [2.05, 4.69) is 4.72 Å². The molecule has 24 heavy (non-hydrogen) atoms. The Morgan fingerprint density at radius 3 is 2.75 bits per heavy atom. The summed E-state index contributed by atoms with van der Waals surface area (Å²) in [4.78, 5) is 14.2.